The summed E-state index contributed by atoms with van der Waals surface area (Å²) in [4.78, 5) is 52.7. The maximum absolute atomic E-state index is 14.4. The number of likely N-dealkylation sites (N-methyl/N-ethyl adjacent to an activating group) is 1. The number of amides is 3. The average Bonchev–Trinajstić information content (AvgIpc) is 3.56. The maximum Gasteiger partial charge on any atom is 0.240 e. The van der Waals surface area contributed by atoms with Gasteiger partial charge in [-0.05, 0) is 113 Å². The normalized spacial score (nSPS) is 39.1. The van der Waals surface area contributed by atoms with E-state index in [1.807, 2.05) is 14.1 Å². The molecule has 6 unspecified atom stereocenters. The van der Waals surface area contributed by atoms with Gasteiger partial charge in [-0.1, -0.05) is 59.3 Å². The first kappa shape index (κ1) is 45.7. The first-order valence-electron chi connectivity index (χ1n) is 23.3. The lowest BCUT2D eigenvalue weighted by Crippen LogP contribution is -2.62. The van der Waals surface area contributed by atoms with E-state index in [-0.39, 0.29) is 72.1 Å². The van der Waals surface area contributed by atoms with Gasteiger partial charge in [0.15, 0.2) is 0 Å². The van der Waals surface area contributed by atoms with Crippen molar-refractivity contribution in [3.8, 4) is 0 Å². The molecule has 1 aliphatic heterocycles. The number of hydroxylamine groups is 2. The molecule has 7 fully saturated rings. The van der Waals surface area contributed by atoms with Gasteiger partial charge in [-0.3, -0.25) is 19.2 Å². The van der Waals surface area contributed by atoms with Crippen molar-refractivity contribution in [2.45, 2.75) is 154 Å². The molecule has 0 spiro atoms. The molecule has 58 heavy (non-hydrogen) atoms. The number of rotatable bonds is 15. The van der Waals surface area contributed by atoms with Gasteiger partial charge in [-0.25, -0.2) is 0 Å². The second-order valence-electron chi connectivity index (χ2n) is 21.1. The third kappa shape index (κ3) is 9.93. The summed E-state index contributed by atoms with van der Waals surface area (Å²) in [6, 6.07) is -0.598. The van der Waals surface area contributed by atoms with Gasteiger partial charge in [0.2, 0.25) is 17.7 Å². The summed E-state index contributed by atoms with van der Waals surface area (Å²) < 4.78 is 6.42. The van der Waals surface area contributed by atoms with E-state index in [4.69, 9.17) is 9.57 Å². The number of fused-ring (bicyclic) bond motifs is 2. The Morgan fingerprint density at radius 3 is 2.24 bits per heavy atom. The predicted molar refractivity (Wildman–Crippen MR) is 225 cm³/mol. The first-order valence-corrected chi connectivity index (χ1v) is 23.3. The summed E-state index contributed by atoms with van der Waals surface area (Å²) in [6.07, 6.45) is 12.6. The zero-order chi connectivity index (χ0) is 42.1. The highest BCUT2D eigenvalue weighted by atomic mass is 16.7. The highest BCUT2D eigenvalue weighted by Gasteiger charge is 2.58. The predicted octanol–water partition coefficient (Wildman–Crippen LogP) is 4.72. The van der Waals surface area contributed by atoms with Crippen LogP contribution in [0.4, 0.5) is 0 Å². The Morgan fingerprint density at radius 1 is 0.931 bits per heavy atom. The Morgan fingerprint density at radius 2 is 1.64 bits per heavy atom. The van der Waals surface area contributed by atoms with Crippen LogP contribution in [0.2, 0.25) is 0 Å². The minimum atomic E-state index is -0.859. The van der Waals surface area contributed by atoms with Crippen LogP contribution in [0.15, 0.2) is 0 Å². The van der Waals surface area contributed by atoms with Crippen molar-refractivity contribution in [2.24, 2.45) is 64.6 Å². The summed E-state index contributed by atoms with van der Waals surface area (Å²) in [7, 11) is 9.54. The highest BCUT2D eigenvalue weighted by molar-refractivity contribution is 5.83. The lowest BCUT2D eigenvalue weighted by atomic mass is 9.45. The standard InChI is InChI=1S/C46H81N5O7/c1-27-37-22-34(46(37,3)4)23-38(27)48-44(55)41-40(28(2)53)39(26-52)58-51(41)24-30-16-13-17-36(42(30)57-9)31-19-32(21-33(20-31)45(56)50(7)8)43(54)47-35(25-49(5)6)18-29-14-11-10-12-15-29/h27-42,52-53H,10-26H2,1-9H3,(H,47,54)(H,48,55)/t27-,28-,30?,31?,32?,33?,34+,35-,36?,37-,38-,39-,40-,41-,42?/m0/s1. The number of methoxy groups -OCH3 is 1. The molecule has 0 aromatic carbocycles. The van der Waals surface area contributed by atoms with Crippen molar-refractivity contribution >= 4 is 17.7 Å². The van der Waals surface area contributed by atoms with Crippen LogP contribution in [0.3, 0.4) is 0 Å². The van der Waals surface area contributed by atoms with Crippen LogP contribution < -0.4 is 10.6 Å². The van der Waals surface area contributed by atoms with Crippen molar-refractivity contribution in [1.29, 1.82) is 0 Å². The Bertz CT molecular complexity index is 1390. The zero-order valence-corrected chi connectivity index (χ0v) is 37.5. The summed E-state index contributed by atoms with van der Waals surface area (Å²) in [6.45, 7) is 9.60. The van der Waals surface area contributed by atoms with E-state index in [9.17, 15) is 24.6 Å². The zero-order valence-electron chi connectivity index (χ0n) is 37.5. The van der Waals surface area contributed by atoms with Crippen molar-refractivity contribution in [3.05, 3.63) is 0 Å². The van der Waals surface area contributed by atoms with E-state index in [2.05, 4.69) is 50.4 Å². The minimum Gasteiger partial charge on any atom is -0.394 e. The van der Waals surface area contributed by atoms with E-state index in [1.54, 1.807) is 24.0 Å². The first-order chi connectivity index (χ1) is 27.5. The molecule has 3 amide bonds. The Balaban J connectivity index is 1.18. The Kier molecular flexibility index (Phi) is 15.3. The van der Waals surface area contributed by atoms with Gasteiger partial charge in [0.1, 0.15) is 12.1 Å². The fourth-order valence-corrected chi connectivity index (χ4v) is 13.4. The molecular formula is C46H81N5O7. The monoisotopic (exact) mass is 816 g/mol. The van der Waals surface area contributed by atoms with Gasteiger partial charge in [-0.15, -0.1) is 0 Å². The molecule has 1 heterocycles. The molecule has 0 aromatic heterocycles. The van der Waals surface area contributed by atoms with Crippen LogP contribution in [-0.2, 0) is 24.0 Å². The van der Waals surface area contributed by atoms with Gasteiger partial charge in [0.05, 0.1) is 18.8 Å². The largest absolute Gasteiger partial charge is 0.394 e. The second kappa shape index (κ2) is 19.5. The quantitative estimate of drug-likeness (QED) is 0.185. The molecule has 7 rings (SSSR count). The number of aliphatic hydroxyl groups excluding tert-OH is 2. The van der Waals surface area contributed by atoms with Crippen molar-refractivity contribution in [2.75, 3.05) is 55.0 Å². The van der Waals surface area contributed by atoms with Gasteiger partial charge in [0.25, 0.3) is 0 Å². The molecule has 12 heteroatoms. The van der Waals surface area contributed by atoms with E-state index in [0.717, 1.165) is 51.5 Å². The number of nitrogens with one attached hydrogen (secondary N) is 2. The van der Waals surface area contributed by atoms with Crippen LogP contribution in [0.1, 0.15) is 118 Å². The number of aliphatic hydroxyl groups is 2. The number of hydrogen-bond donors (Lipinski definition) is 4. The topological polar surface area (TPSA) is 144 Å². The fraction of sp³-hybridized carbons (Fsp3) is 0.935. The van der Waals surface area contributed by atoms with Gasteiger partial charge in [-0.2, -0.15) is 5.06 Å². The molecule has 7 aliphatic rings. The molecule has 15 atom stereocenters. The Labute approximate surface area is 350 Å². The molecule has 0 aromatic rings. The molecular weight excluding hydrogens is 735 g/mol. The Hall–Kier alpha value is -1.83. The van der Waals surface area contributed by atoms with Crippen molar-refractivity contribution in [1.82, 2.24) is 25.5 Å². The van der Waals surface area contributed by atoms with Crippen LogP contribution in [0, 0.1) is 64.6 Å². The summed E-state index contributed by atoms with van der Waals surface area (Å²) in [5, 5.41) is 30.2. The molecule has 0 radical (unpaired) electrons. The van der Waals surface area contributed by atoms with Crippen LogP contribution >= 0.6 is 0 Å². The molecule has 2 bridgehead atoms. The lowest BCUT2D eigenvalue weighted by Gasteiger charge is -2.62. The number of nitrogens with zero attached hydrogens (tertiary/aromatic N) is 3. The van der Waals surface area contributed by atoms with Crippen LogP contribution in [-0.4, -0.2) is 134 Å². The molecule has 6 saturated carbocycles. The van der Waals surface area contributed by atoms with Crippen molar-refractivity contribution < 1.29 is 34.2 Å². The molecule has 332 valence electrons. The number of ether oxygens (including phenoxy) is 1. The third-order valence-electron chi connectivity index (χ3n) is 16.5. The number of carbonyl (C=O) groups excluding carboxylic acids is 3. The molecule has 4 N–H and O–H groups in total. The van der Waals surface area contributed by atoms with Gasteiger partial charge >= 0.3 is 0 Å². The summed E-state index contributed by atoms with van der Waals surface area (Å²) in [5.41, 5.74) is 0.297. The smallest absolute Gasteiger partial charge is 0.240 e. The SMILES string of the molecule is COC1C(CN2O[C@@H](CO)[C@H]([C@H](C)O)[C@H]2C(=O)N[C@H]2C[C@H]3C[C@@H]([C@@H]2C)C3(C)C)CCCC1C1CC(C(=O)N[C@@H](CC2CCCCC2)CN(C)C)CC(C(=O)N(C)C)C1. The van der Waals surface area contributed by atoms with Crippen LogP contribution in [0.5, 0.6) is 0 Å². The minimum absolute atomic E-state index is 0.0189. The molecule has 12 nitrogen and oxygen atoms in total. The van der Waals surface area contributed by atoms with Gasteiger partial charge in [0, 0.05) is 70.0 Å². The van der Waals surface area contributed by atoms with Crippen molar-refractivity contribution in [3.63, 3.8) is 0 Å². The summed E-state index contributed by atoms with van der Waals surface area (Å²) in [5.74, 6) is 1.39. The highest BCUT2D eigenvalue weighted by Crippen LogP contribution is 2.61. The second-order valence-corrected chi connectivity index (χ2v) is 21.1. The average molecular weight is 816 g/mol. The maximum atomic E-state index is 14.4. The third-order valence-corrected chi connectivity index (χ3v) is 16.5. The molecule has 1 saturated heterocycles. The van der Waals surface area contributed by atoms with E-state index < -0.39 is 24.2 Å². The number of hydrogen-bond acceptors (Lipinski definition) is 9. The molecule has 6 aliphatic carbocycles. The van der Waals surface area contributed by atoms with Gasteiger partial charge < -0.3 is 35.4 Å². The van der Waals surface area contributed by atoms with E-state index >= 15 is 0 Å². The fourth-order valence-electron chi connectivity index (χ4n) is 13.4. The van der Waals surface area contributed by atoms with E-state index in [1.165, 1.54) is 38.5 Å². The lowest BCUT2D eigenvalue weighted by molar-refractivity contribution is -0.193. The van der Waals surface area contributed by atoms with Crippen LogP contribution in [0.25, 0.3) is 0 Å². The van der Waals surface area contributed by atoms with E-state index in [0.29, 0.717) is 42.1 Å². The summed E-state index contributed by atoms with van der Waals surface area (Å²) >= 11 is 0. The number of carbonyl (C=O) groups is 3.